The summed E-state index contributed by atoms with van der Waals surface area (Å²) in [5, 5.41) is 0.0884. The van der Waals surface area contributed by atoms with Gasteiger partial charge in [0.1, 0.15) is 11.6 Å². The Bertz CT molecular complexity index is 359. The van der Waals surface area contributed by atoms with Crippen molar-refractivity contribution in [1.82, 2.24) is 0 Å². The van der Waals surface area contributed by atoms with E-state index < -0.39 is 5.82 Å². The predicted molar refractivity (Wildman–Crippen MR) is 62.9 cm³/mol. The van der Waals surface area contributed by atoms with E-state index in [2.05, 4.69) is 0 Å². The lowest BCUT2D eigenvalue weighted by Crippen LogP contribution is -2.09. The fourth-order valence-corrected chi connectivity index (χ4v) is 1.26. The Hall–Kier alpha value is -0.870. The molecule has 0 bridgehead atoms. The summed E-state index contributed by atoms with van der Waals surface area (Å²) >= 11 is 10.2. The van der Waals surface area contributed by atoms with Crippen LogP contribution in [0.1, 0.15) is 12.8 Å². The van der Waals surface area contributed by atoms with E-state index in [1.165, 1.54) is 12.1 Å². The van der Waals surface area contributed by atoms with E-state index in [9.17, 15) is 4.39 Å². The van der Waals surface area contributed by atoms with Gasteiger partial charge >= 0.3 is 0 Å². The fourth-order valence-electron chi connectivity index (χ4n) is 1.00. The van der Waals surface area contributed by atoms with Gasteiger partial charge in [0.25, 0.3) is 0 Å². The van der Waals surface area contributed by atoms with Crippen molar-refractivity contribution in [2.24, 2.45) is 5.73 Å². The van der Waals surface area contributed by atoms with Crippen LogP contribution in [0.2, 0.25) is 5.02 Å². The van der Waals surface area contributed by atoms with Gasteiger partial charge < -0.3 is 10.5 Å². The van der Waals surface area contributed by atoms with Crippen LogP contribution < -0.4 is 10.5 Å². The second kappa shape index (κ2) is 5.88. The molecular weight excluding hydrogens is 237 g/mol. The van der Waals surface area contributed by atoms with E-state index in [0.29, 0.717) is 23.8 Å². The van der Waals surface area contributed by atoms with E-state index in [1.54, 1.807) is 6.07 Å². The molecule has 2 N–H and O–H groups in total. The fraction of sp³-hybridized carbons (Fsp3) is 0.300. The molecule has 0 aromatic heterocycles. The third-order valence-corrected chi connectivity index (χ3v) is 2.24. The average Bonchev–Trinajstić information content (AvgIpc) is 2.18. The molecule has 15 heavy (non-hydrogen) atoms. The second-order valence-corrected chi connectivity index (χ2v) is 3.93. The van der Waals surface area contributed by atoms with E-state index in [1.807, 2.05) is 0 Å². The molecule has 1 aromatic rings. The smallest absolute Gasteiger partial charge is 0.145 e. The Morgan fingerprint density at radius 2 is 2.27 bits per heavy atom. The third-order valence-electron chi connectivity index (χ3n) is 1.73. The molecule has 0 aliphatic carbocycles. The second-order valence-electron chi connectivity index (χ2n) is 2.99. The van der Waals surface area contributed by atoms with Crippen LogP contribution in [0.5, 0.6) is 5.75 Å². The number of thiocarbonyl (C=S) groups is 1. The lowest BCUT2D eigenvalue weighted by molar-refractivity contribution is 0.312. The maximum atomic E-state index is 13.0. The van der Waals surface area contributed by atoms with E-state index in [-0.39, 0.29) is 5.02 Å². The summed E-state index contributed by atoms with van der Waals surface area (Å²) in [4.78, 5) is 0.459. The number of halogens is 2. The molecular formula is C10H11ClFNOS. The number of rotatable bonds is 5. The van der Waals surface area contributed by atoms with Gasteiger partial charge in [0.2, 0.25) is 0 Å². The van der Waals surface area contributed by atoms with Gasteiger partial charge in [-0.1, -0.05) is 23.8 Å². The zero-order valence-corrected chi connectivity index (χ0v) is 9.58. The standard InChI is InChI=1S/C10H11ClFNOS/c11-8-4-3-7(6-9(8)12)14-5-1-2-10(13)15/h3-4,6H,1-2,5H2,(H2,13,15). The minimum Gasteiger partial charge on any atom is -0.493 e. The molecule has 2 nitrogen and oxygen atoms in total. The SMILES string of the molecule is NC(=S)CCCOc1ccc(Cl)c(F)c1. The molecule has 0 saturated heterocycles. The molecule has 5 heteroatoms. The molecule has 0 atom stereocenters. The van der Waals surface area contributed by atoms with Gasteiger partial charge in [-0.15, -0.1) is 0 Å². The monoisotopic (exact) mass is 247 g/mol. The van der Waals surface area contributed by atoms with Crippen molar-refractivity contribution in [3.05, 3.63) is 29.0 Å². The van der Waals surface area contributed by atoms with Crippen molar-refractivity contribution in [2.75, 3.05) is 6.61 Å². The minimum absolute atomic E-state index is 0.0884. The first-order valence-electron chi connectivity index (χ1n) is 4.46. The molecule has 0 spiro atoms. The van der Waals surface area contributed by atoms with Gasteiger partial charge in [-0.05, 0) is 18.6 Å². The Kier molecular flexibility index (Phi) is 4.78. The van der Waals surface area contributed by atoms with Crippen molar-refractivity contribution in [2.45, 2.75) is 12.8 Å². The van der Waals surface area contributed by atoms with Gasteiger partial charge in [-0.25, -0.2) is 4.39 Å². The summed E-state index contributed by atoms with van der Waals surface area (Å²) in [5.74, 6) is -0.0247. The number of hydrogen-bond acceptors (Lipinski definition) is 2. The maximum Gasteiger partial charge on any atom is 0.145 e. The Morgan fingerprint density at radius 1 is 1.53 bits per heavy atom. The van der Waals surface area contributed by atoms with Crippen LogP contribution in [0.25, 0.3) is 0 Å². The molecule has 0 aliphatic heterocycles. The van der Waals surface area contributed by atoms with Crippen LogP contribution in [0.15, 0.2) is 18.2 Å². The summed E-state index contributed by atoms with van der Waals surface area (Å²) in [7, 11) is 0. The summed E-state index contributed by atoms with van der Waals surface area (Å²) in [6, 6.07) is 4.33. The van der Waals surface area contributed by atoms with E-state index >= 15 is 0 Å². The molecule has 0 heterocycles. The van der Waals surface area contributed by atoms with Gasteiger partial charge in [-0.2, -0.15) is 0 Å². The molecule has 0 radical (unpaired) electrons. The maximum absolute atomic E-state index is 13.0. The number of benzene rings is 1. The highest BCUT2D eigenvalue weighted by Crippen LogP contribution is 2.20. The highest BCUT2D eigenvalue weighted by molar-refractivity contribution is 7.80. The first-order valence-corrected chi connectivity index (χ1v) is 5.24. The molecule has 1 aromatic carbocycles. The molecule has 0 aliphatic rings. The van der Waals surface area contributed by atoms with Crippen molar-refractivity contribution >= 4 is 28.8 Å². The number of nitrogens with two attached hydrogens (primary N) is 1. The molecule has 82 valence electrons. The van der Waals surface area contributed by atoms with Crippen molar-refractivity contribution in [1.29, 1.82) is 0 Å². The van der Waals surface area contributed by atoms with Crippen LogP contribution in [0, 0.1) is 5.82 Å². The van der Waals surface area contributed by atoms with Crippen LogP contribution in [-0.4, -0.2) is 11.6 Å². The van der Waals surface area contributed by atoms with E-state index in [4.69, 9.17) is 34.3 Å². The van der Waals surface area contributed by atoms with Crippen LogP contribution >= 0.6 is 23.8 Å². The summed E-state index contributed by atoms with van der Waals surface area (Å²) in [5.41, 5.74) is 5.31. The molecule has 0 unspecified atom stereocenters. The zero-order valence-electron chi connectivity index (χ0n) is 8.00. The zero-order chi connectivity index (χ0) is 11.3. The topological polar surface area (TPSA) is 35.2 Å². The lowest BCUT2D eigenvalue weighted by atomic mass is 10.3. The van der Waals surface area contributed by atoms with Crippen LogP contribution in [-0.2, 0) is 0 Å². The predicted octanol–water partition coefficient (Wildman–Crippen LogP) is 2.92. The average molecular weight is 248 g/mol. The van der Waals surface area contributed by atoms with Gasteiger partial charge in [-0.3, -0.25) is 0 Å². The number of hydrogen-bond donors (Lipinski definition) is 1. The molecule has 0 fully saturated rings. The summed E-state index contributed by atoms with van der Waals surface area (Å²) in [6.45, 7) is 0.457. The first-order chi connectivity index (χ1) is 7.09. The largest absolute Gasteiger partial charge is 0.493 e. The third kappa shape index (κ3) is 4.44. The van der Waals surface area contributed by atoms with Crippen molar-refractivity contribution in [3.8, 4) is 5.75 Å². The highest BCUT2D eigenvalue weighted by Gasteiger charge is 2.01. The Morgan fingerprint density at radius 3 is 2.87 bits per heavy atom. The Balaban J connectivity index is 2.38. The summed E-state index contributed by atoms with van der Waals surface area (Å²) < 4.78 is 18.2. The van der Waals surface area contributed by atoms with Crippen LogP contribution in [0.3, 0.4) is 0 Å². The lowest BCUT2D eigenvalue weighted by Gasteiger charge is -2.05. The van der Waals surface area contributed by atoms with Crippen molar-refractivity contribution in [3.63, 3.8) is 0 Å². The molecule has 0 saturated carbocycles. The van der Waals surface area contributed by atoms with E-state index in [0.717, 1.165) is 6.42 Å². The highest BCUT2D eigenvalue weighted by atomic mass is 35.5. The summed E-state index contributed by atoms with van der Waals surface area (Å²) in [6.07, 6.45) is 1.35. The van der Waals surface area contributed by atoms with Gasteiger partial charge in [0, 0.05) is 12.5 Å². The normalized spacial score (nSPS) is 10.0. The van der Waals surface area contributed by atoms with Crippen LogP contribution in [0.4, 0.5) is 4.39 Å². The molecule has 1 rings (SSSR count). The first kappa shape index (κ1) is 12.2. The number of ether oxygens (including phenoxy) is 1. The van der Waals surface area contributed by atoms with Gasteiger partial charge in [0.05, 0.1) is 16.6 Å². The van der Waals surface area contributed by atoms with Crippen molar-refractivity contribution < 1.29 is 9.13 Å². The minimum atomic E-state index is -0.483. The van der Waals surface area contributed by atoms with Gasteiger partial charge in [0.15, 0.2) is 0 Å². The quantitative estimate of drug-likeness (QED) is 0.642. The Labute approximate surface area is 98.2 Å². The molecule has 0 amide bonds.